The second-order valence-corrected chi connectivity index (χ2v) is 4.72. The van der Waals surface area contributed by atoms with E-state index in [1.54, 1.807) is 0 Å². The number of hydrogen-bond donors (Lipinski definition) is 3. The van der Waals surface area contributed by atoms with Gasteiger partial charge in [-0.05, 0) is 6.07 Å². The Kier molecular flexibility index (Phi) is 3.32. The highest BCUT2D eigenvalue weighted by Gasteiger charge is 2.15. The first-order chi connectivity index (χ1) is 10.0. The Hall–Kier alpha value is -2.45. The zero-order valence-corrected chi connectivity index (χ0v) is 11.8. The van der Waals surface area contributed by atoms with Crippen LogP contribution in [-0.4, -0.2) is 30.8 Å². The summed E-state index contributed by atoms with van der Waals surface area (Å²) in [6.07, 6.45) is 2.78. The highest BCUT2D eigenvalue weighted by atomic mass is 35.5. The molecule has 1 amide bonds. The van der Waals surface area contributed by atoms with Gasteiger partial charge in [0.2, 0.25) is 5.95 Å². The molecule has 106 valence electrons. The van der Waals surface area contributed by atoms with Crippen LogP contribution in [0.15, 0.2) is 18.6 Å². The summed E-state index contributed by atoms with van der Waals surface area (Å²) in [6, 6.07) is 1.40. The number of halogens is 2. The number of anilines is 2. The van der Waals surface area contributed by atoms with Gasteiger partial charge < -0.3 is 10.7 Å². The number of amides is 1. The Labute approximate surface area is 127 Å². The quantitative estimate of drug-likeness (QED) is 0.489. The lowest BCUT2D eigenvalue weighted by Gasteiger charge is -2.06. The number of pyridine rings is 1. The van der Waals surface area contributed by atoms with E-state index in [0.29, 0.717) is 16.9 Å². The number of imidazole rings is 1. The third kappa shape index (κ3) is 2.58. The molecule has 0 aliphatic heterocycles. The third-order valence-corrected chi connectivity index (χ3v) is 3.15. The topological polar surface area (TPSA) is 122 Å². The van der Waals surface area contributed by atoms with Crippen LogP contribution in [0, 0.1) is 0 Å². The van der Waals surface area contributed by atoms with E-state index >= 15 is 0 Å². The number of nitrogens with zero attached hydrogens (tertiary/aromatic N) is 4. The monoisotopic (exact) mass is 323 g/mol. The van der Waals surface area contributed by atoms with E-state index in [1.165, 1.54) is 18.6 Å². The molecule has 21 heavy (non-hydrogen) atoms. The Bertz CT molecular complexity index is 848. The molecular formula is C11H7Cl2N7O. The smallest absolute Gasteiger partial charge is 0.261 e. The van der Waals surface area contributed by atoms with E-state index in [4.69, 9.17) is 28.9 Å². The standard InChI is InChI=1S/C11H7Cl2N7O/c12-7-5(1-4(14)2-15-7)10(21)20-11-18-8(13)6-9(19-11)17-3-16-6/h1-3H,14H2,(H2,16,17,18,19,20,21). The van der Waals surface area contributed by atoms with Crippen LogP contribution in [-0.2, 0) is 0 Å². The van der Waals surface area contributed by atoms with Gasteiger partial charge in [0.15, 0.2) is 10.8 Å². The molecule has 3 heterocycles. The van der Waals surface area contributed by atoms with Crippen molar-refractivity contribution in [2.45, 2.75) is 0 Å². The largest absolute Gasteiger partial charge is 0.397 e. The second kappa shape index (κ2) is 5.15. The average molecular weight is 324 g/mol. The van der Waals surface area contributed by atoms with E-state index in [1.807, 2.05) is 0 Å². The number of carbonyl (C=O) groups is 1. The van der Waals surface area contributed by atoms with Crippen molar-refractivity contribution in [1.29, 1.82) is 0 Å². The van der Waals surface area contributed by atoms with Gasteiger partial charge in [0.05, 0.1) is 23.8 Å². The number of carbonyl (C=O) groups excluding carboxylic acids is 1. The molecule has 0 bridgehead atoms. The van der Waals surface area contributed by atoms with Gasteiger partial charge >= 0.3 is 0 Å². The first-order valence-corrected chi connectivity index (χ1v) is 6.39. The fourth-order valence-corrected chi connectivity index (χ4v) is 2.05. The zero-order valence-electron chi connectivity index (χ0n) is 10.3. The summed E-state index contributed by atoms with van der Waals surface area (Å²) >= 11 is 11.8. The molecule has 0 saturated carbocycles. The molecule has 0 aliphatic carbocycles. The van der Waals surface area contributed by atoms with Gasteiger partial charge in [-0.25, -0.2) is 9.97 Å². The number of nitrogens with one attached hydrogen (secondary N) is 2. The number of fused-ring (bicyclic) bond motifs is 1. The first kappa shape index (κ1) is 13.5. The predicted molar refractivity (Wildman–Crippen MR) is 78.3 cm³/mol. The van der Waals surface area contributed by atoms with Gasteiger partial charge in [-0.15, -0.1) is 0 Å². The van der Waals surface area contributed by atoms with Gasteiger partial charge in [-0.3, -0.25) is 10.1 Å². The highest BCUT2D eigenvalue weighted by Crippen LogP contribution is 2.20. The van der Waals surface area contributed by atoms with Crippen molar-refractivity contribution in [2.24, 2.45) is 0 Å². The summed E-state index contributed by atoms with van der Waals surface area (Å²) in [4.78, 5) is 30.7. The molecule has 3 aromatic rings. The Morgan fingerprint density at radius 2 is 2.05 bits per heavy atom. The first-order valence-electron chi connectivity index (χ1n) is 5.63. The van der Waals surface area contributed by atoms with Crippen molar-refractivity contribution in [2.75, 3.05) is 11.1 Å². The maximum atomic E-state index is 12.1. The molecule has 0 aliphatic rings. The fourth-order valence-electron chi connectivity index (χ4n) is 1.65. The van der Waals surface area contributed by atoms with Gasteiger partial charge in [0, 0.05) is 0 Å². The number of H-pyrrole nitrogens is 1. The van der Waals surface area contributed by atoms with Gasteiger partial charge in [-0.2, -0.15) is 9.97 Å². The number of nitrogens with two attached hydrogens (primary N) is 1. The summed E-state index contributed by atoms with van der Waals surface area (Å²) in [7, 11) is 0. The molecule has 3 aromatic heterocycles. The van der Waals surface area contributed by atoms with Crippen molar-refractivity contribution in [3.05, 3.63) is 34.5 Å². The van der Waals surface area contributed by atoms with Crippen molar-refractivity contribution >= 4 is 51.9 Å². The van der Waals surface area contributed by atoms with Crippen LogP contribution in [0.2, 0.25) is 10.3 Å². The SMILES string of the molecule is Nc1cnc(Cl)c(C(=O)Nc2nc(Cl)c3[nH]cnc3n2)c1. The summed E-state index contributed by atoms with van der Waals surface area (Å²) in [5, 5.41) is 2.63. The summed E-state index contributed by atoms with van der Waals surface area (Å²) < 4.78 is 0. The zero-order chi connectivity index (χ0) is 15.0. The van der Waals surface area contributed by atoms with Crippen molar-refractivity contribution < 1.29 is 4.79 Å². The predicted octanol–water partition coefficient (Wildman–Crippen LogP) is 1.89. The molecule has 3 rings (SSSR count). The second-order valence-electron chi connectivity index (χ2n) is 4.00. The molecule has 0 aromatic carbocycles. The minimum Gasteiger partial charge on any atom is -0.397 e. The van der Waals surface area contributed by atoms with Crippen LogP contribution in [0.25, 0.3) is 11.2 Å². The minimum atomic E-state index is -0.550. The molecule has 0 radical (unpaired) electrons. The van der Waals surface area contributed by atoms with Crippen LogP contribution < -0.4 is 11.1 Å². The van der Waals surface area contributed by atoms with Crippen molar-refractivity contribution in [3.63, 3.8) is 0 Å². The normalized spacial score (nSPS) is 10.8. The van der Waals surface area contributed by atoms with E-state index in [2.05, 4.69) is 30.2 Å². The number of aromatic nitrogens is 5. The minimum absolute atomic E-state index is 0.00286. The third-order valence-electron chi connectivity index (χ3n) is 2.57. The Balaban J connectivity index is 1.94. The maximum absolute atomic E-state index is 12.1. The lowest BCUT2D eigenvalue weighted by molar-refractivity contribution is 0.102. The van der Waals surface area contributed by atoms with Crippen LogP contribution in [0.5, 0.6) is 0 Å². The molecule has 0 spiro atoms. The van der Waals surface area contributed by atoms with Crippen LogP contribution in [0.4, 0.5) is 11.6 Å². The van der Waals surface area contributed by atoms with E-state index in [9.17, 15) is 4.79 Å². The van der Waals surface area contributed by atoms with Gasteiger partial charge in [0.25, 0.3) is 5.91 Å². The summed E-state index contributed by atoms with van der Waals surface area (Å²) in [6.45, 7) is 0. The Morgan fingerprint density at radius 1 is 1.24 bits per heavy atom. The molecule has 8 nitrogen and oxygen atoms in total. The lowest BCUT2D eigenvalue weighted by atomic mass is 10.2. The number of rotatable bonds is 2. The van der Waals surface area contributed by atoms with Gasteiger partial charge in [0.1, 0.15) is 10.7 Å². The number of nitrogen functional groups attached to an aromatic ring is 1. The molecule has 0 unspecified atom stereocenters. The van der Waals surface area contributed by atoms with Crippen molar-refractivity contribution in [3.8, 4) is 0 Å². The highest BCUT2D eigenvalue weighted by molar-refractivity contribution is 6.34. The van der Waals surface area contributed by atoms with Gasteiger partial charge in [-0.1, -0.05) is 23.2 Å². The average Bonchev–Trinajstić information content (AvgIpc) is 2.90. The van der Waals surface area contributed by atoms with E-state index in [-0.39, 0.29) is 21.8 Å². The molecule has 10 heteroatoms. The number of aromatic amines is 1. The number of hydrogen-bond acceptors (Lipinski definition) is 6. The van der Waals surface area contributed by atoms with E-state index < -0.39 is 5.91 Å². The van der Waals surface area contributed by atoms with E-state index in [0.717, 1.165) is 0 Å². The van der Waals surface area contributed by atoms with Crippen LogP contribution >= 0.6 is 23.2 Å². The molecule has 0 fully saturated rings. The van der Waals surface area contributed by atoms with Crippen molar-refractivity contribution in [1.82, 2.24) is 24.9 Å². The molecule has 0 saturated heterocycles. The van der Waals surface area contributed by atoms with Crippen LogP contribution in [0.1, 0.15) is 10.4 Å². The maximum Gasteiger partial charge on any atom is 0.261 e. The summed E-state index contributed by atoms with van der Waals surface area (Å²) in [5.41, 5.74) is 6.82. The molecular weight excluding hydrogens is 317 g/mol. The fraction of sp³-hybridized carbons (Fsp3) is 0. The summed E-state index contributed by atoms with van der Waals surface area (Å²) in [5.74, 6) is -0.547. The lowest BCUT2D eigenvalue weighted by Crippen LogP contribution is -2.15. The molecule has 4 N–H and O–H groups in total. The van der Waals surface area contributed by atoms with Crippen LogP contribution in [0.3, 0.4) is 0 Å². The molecule has 0 atom stereocenters. The Morgan fingerprint density at radius 3 is 2.86 bits per heavy atom.